The summed E-state index contributed by atoms with van der Waals surface area (Å²) in [6.07, 6.45) is 9.04. The predicted octanol–water partition coefficient (Wildman–Crippen LogP) is 4.24. The van der Waals surface area contributed by atoms with Crippen molar-refractivity contribution in [1.29, 1.82) is 0 Å². The zero-order valence-electron chi connectivity index (χ0n) is 25.2. The van der Waals surface area contributed by atoms with E-state index in [0.717, 1.165) is 55.2 Å². The second-order valence-electron chi connectivity index (χ2n) is 14.1. The van der Waals surface area contributed by atoms with Gasteiger partial charge in [0.05, 0.1) is 20.3 Å². The van der Waals surface area contributed by atoms with E-state index in [2.05, 4.69) is 61.9 Å². The van der Waals surface area contributed by atoms with Crippen LogP contribution in [0.25, 0.3) is 0 Å². The second kappa shape index (κ2) is 9.49. The van der Waals surface area contributed by atoms with Gasteiger partial charge in [-0.2, -0.15) is 5.21 Å². The molecule has 9 nitrogen and oxygen atoms in total. The van der Waals surface area contributed by atoms with Gasteiger partial charge in [-0.25, -0.2) is 0 Å². The van der Waals surface area contributed by atoms with E-state index in [1.54, 1.807) is 7.11 Å². The van der Waals surface area contributed by atoms with E-state index in [1.807, 2.05) is 7.11 Å². The zero-order valence-corrected chi connectivity index (χ0v) is 25.2. The monoisotopic (exact) mass is 583 g/mol. The maximum absolute atomic E-state index is 7.16. The molecule has 7 aliphatic rings. The van der Waals surface area contributed by atoms with Gasteiger partial charge in [0.2, 0.25) is 0 Å². The third kappa shape index (κ3) is 3.58. The summed E-state index contributed by atoms with van der Waals surface area (Å²) in [6.45, 7) is 3.66. The van der Waals surface area contributed by atoms with Crippen LogP contribution in [0.2, 0.25) is 0 Å². The summed E-state index contributed by atoms with van der Waals surface area (Å²) in [5, 5.41) is 14.3. The number of nitrogens with zero attached hydrogens (tertiary/aromatic N) is 4. The Morgan fingerprint density at radius 1 is 1.05 bits per heavy atom. The fourth-order valence-corrected chi connectivity index (χ4v) is 10.4. The SMILES string of the molecule is COc1ccc2c3c1O[C@H]1C4(OC)CCC5(C[C@@H]4COCc4ccc(Cc6nn[nH]n6)cc4)[C@@H](C2)N(CC2CC2)CCC315. The number of rotatable bonds is 10. The Kier molecular flexibility index (Phi) is 5.83. The maximum Gasteiger partial charge on any atom is 0.178 e. The number of methoxy groups -OCH3 is 2. The summed E-state index contributed by atoms with van der Waals surface area (Å²) >= 11 is 0. The molecular weight excluding hydrogens is 542 g/mol. The molecule has 1 N–H and O–H groups in total. The standard InChI is InChI=1S/C34H41N5O4/c1-40-26-10-9-24-16-27-32-11-12-34(41-2,31-33(32,29(24)30(26)43-31)13-14-39(27)18-22-5-6-22)25(17-32)20-42-19-23-7-3-21(4-8-23)15-28-35-37-38-36-28/h3-4,7-10,22,25,27,31H,5-6,11-20H2,1-2H3,(H,35,36,37,38)/t25-,27-,31-,32?,33?,34?/m1/s1. The zero-order chi connectivity index (χ0) is 28.8. The first-order valence-electron chi connectivity index (χ1n) is 16.1. The molecule has 4 bridgehead atoms. The van der Waals surface area contributed by atoms with Gasteiger partial charge < -0.3 is 18.9 Å². The second-order valence-corrected chi connectivity index (χ2v) is 14.1. The lowest BCUT2D eigenvalue weighted by atomic mass is 9.35. The molecule has 2 spiro atoms. The summed E-state index contributed by atoms with van der Waals surface area (Å²) in [6, 6.07) is 13.6. The normalized spacial score (nSPS) is 35.1. The molecule has 4 saturated carbocycles. The third-order valence-corrected chi connectivity index (χ3v) is 12.4. The molecule has 3 heterocycles. The fourth-order valence-electron chi connectivity index (χ4n) is 10.4. The molecule has 3 aromatic rings. The summed E-state index contributed by atoms with van der Waals surface area (Å²) in [5.74, 6) is 3.72. The molecule has 9 heteroatoms. The van der Waals surface area contributed by atoms with Crippen LogP contribution in [0, 0.1) is 17.3 Å². The Bertz CT molecular complexity index is 1530. The lowest BCUT2D eigenvalue weighted by Gasteiger charge is -2.74. The first-order valence-corrected chi connectivity index (χ1v) is 16.1. The van der Waals surface area contributed by atoms with Gasteiger partial charge in [-0.15, -0.1) is 10.2 Å². The van der Waals surface area contributed by atoms with E-state index in [1.165, 1.54) is 42.5 Å². The molecule has 0 radical (unpaired) electrons. The molecular formula is C34H41N5O4. The van der Waals surface area contributed by atoms with Crippen LogP contribution >= 0.6 is 0 Å². The molecule has 1 saturated heterocycles. The molecule has 6 atom stereocenters. The first kappa shape index (κ1) is 26.4. The lowest BCUT2D eigenvalue weighted by Crippen LogP contribution is -2.81. The van der Waals surface area contributed by atoms with Gasteiger partial charge in [0.25, 0.3) is 0 Å². The fraction of sp³-hybridized carbons (Fsp3) is 0.618. The number of hydrogen-bond donors (Lipinski definition) is 1. The van der Waals surface area contributed by atoms with Crippen molar-refractivity contribution < 1.29 is 18.9 Å². The van der Waals surface area contributed by atoms with Crippen molar-refractivity contribution >= 4 is 0 Å². The van der Waals surface area contributed by atoms with E-state index in [0.29, 0.717) is 31.5 Å². The average molecular weight is 584 g/mol. The van der Waals surface area contributed by atoms with Crippen LogP contribution in [0.1, 0.15) is 66.6 Å². The number of fused-ring (bicyclic) bond motifs is 2. The minimum absolute atomic E-state index is 0.0125. The Balaban J connectivity index is 1.02. The van der Waals surface area contributed by atoms with Gasteiger partial charge in [-0.3, -0.25) is 4.90 Å². The minimum atomic E-state index is -0.377. The number of ether oxygens (including phenoxy) is 4. The molecule has 1 aromatic heterocycles. The molecule has 2 aromatic carbocycles. The number of tetrazole rings is 1. The highest BCUT2D eigenvalue weighted by molar-refractivity contribution is 5.63. The number of benzene rings is 2. The minimum Gasteiger partial charge on any atom is -0.493 e. The molecule has 3 unspecified atom stereocenters. The number of aromatic nitrogens is 4. The molecule has 43 heavy (non-hydrogen) atoms. The topological polar surface area (TPSA) is 94.6 Å². The number of piperidine rings is 1. The molecule has 2 aliphatic heterocycles. The van der Waals surface area contributed by atoms with Crippen molar-refractivity contribution in [1.82, 2.24) is 25.5 Å². The Morgan fingerprint density at radius 2 is 1.91 bits per heavy atom. The Hall–Kier alpha value is -3.01. The van der Waals surface area contributed by atoms with E-state index in [9.17, 15) is 0 Å². The summed E-state index contributed by atoms with van der Waals surface area (Å²) in [4.78, 5) is 2.89. The van der Waals surface area contributed by atoms with E-state index < -0.39 is 0 Å². The van der Waals surface area contributed by atoms with Gasteiger partial charge in [-0.05, 0) is 80.2 Å². The van der Waals surface area contributed by atoms with Crippen LogP contribution in [0.15, 0.2) is 36.4 Å². The molecule has 5 fully saturated rings. The summed E-state index contributed by atoms with van der Waals surface area (Å²) in [5.41, 5.74) is 5.03. The summed E-state index contributed by atoms with van der Waals surface area (Å²) < 4.78 is 26.3. The van der Waals surface area contributed by atoms with Crippen LogP contribution in [-0.2, 0) is 34.3 Å². The predicted molar refractivity (Wildman–Crippen MR) is 158 cm³/mol. The Morgan fingerprint density at radius 3 is 2.67 bits per heavy atom. The van der Waals surface area contributed by atoms with Crippen LogP contribution in [0.3, 0.4) is 0 Å². The third-order valence-electron chi connectivity index (χ3n) is 12.4. The van der Waals surface area contributed by atoms with Crippen LogP contribution < -0.4 is 9.47 Å². The quantitative estimate of drug-likeness (QED) is 0.379. The number of nitrogens with one attached hydrogen (secondary N) is 1. The van der Waals surface area contributed by atoms with E-state index in [-0.39, 0.29) is 28.5 Å². The maximum atomic E-state index is 7.16. The molecule has 226 valence electrons. The number of H-pyrrole nitrogens is 1. The Labute approximate surface area is 252 Å². The van der Waals surface area contributed by atoms with Gasteiger partial charge in [-0.1, -0.05) is 35.5 Å². The highest BCUT2D eigenvalue weighted by atomic mass is 16.6. The van der Waals surface area contributed by atoms with E-state index >= 15 is 0 Å². The van der Waals surface area contributed by atoms with Gasteiger partial charge >= 0.3 is 0 Å². The molecule has 10 rings (SSSR count). The largest absolute Gasteiger partial charge is 0.493 e. The van der Waals surface area contributed by atoms with Gasteiger partial charge in [0.1, 0.15) is 11.7 Å². The van der Waals surface area contributed by atoms with E-state index in [4.69, 9.17) is 18.9 Å². The van der Waals surface area contributed by atoms with Crippen LogP contribution in [0.5, 0.6) is 11.5 Å². The van der Waals surface area contributed by atoms with Gasteiger partial charge in [0.15, 0.2) is 17.3 Å². The van der Waals surface area contributed by atoms with Crippen molar-refractivity contribution in [3.8, 4) is 11.5 Å². The average Bonchev–Trinajstić information content (AvgIpc) is 3.55. The highest BCUT2D eigenvalue weighted by Crippen LogP contribution is 2.76. The molecule has 5 aliphatic carbocycles. The van der Waals surface area contributed by atoms with Crippen LogP contribution in [0.4, 0.5) is 0 Å². The van der Waals surface area contributed by atoms with Crippen molar-refractivity contribution in [2.24, 2.45) is 17.3 Å². The number of likely N-dealkylation sites (tertiary alicyclic amines) is 1. The van der Waals surface area contributed by atoms with Gasteiger partial charge in [0, 0.05) is 48.4 Å². The lowest BCUT2D eigenvalue weighted by molar-refractivity contribution is -0.283. The summed E-state index contributed by atoms with van der Waals surface area (Å²) in [7, 11) is 3.69. The van der Waals surface area contributed by atoms with Crippen molar-refractivity contribution in [2.45, 2.75) is 81.1 Å². The number of aromatic amines is 1. The highest BCUT2D eigenvalue weighted by Gasteiger charge is 2.80. The van der Waals surface area contributed by atoms with Crippen molar-refractivity contribution in [3.05, 3.63) is 64.5 Å². The first-order chi connectivity index (χ1) is 21.1. The smallest absolute Gasteiger partial charge is 0.178 e. The van der Waals surface area contributed by atoms with Crippen molar-refractivity contribution in [3.63, 3.8) is 0 Å². The molecule has 0 amide bonds. The van der Waals surface area contributed by atoms with Crippen LogP contribution in [-0.4, -0.2) is 77.2 Å². The number of hydrogen-bond acceptors (Lipinski definition) is 8. The van der Waals surface area contributed by atoms with Crippen molar-refractivity contribution in [2.75, 3.05) is 33.9 Å².